The van der Waals surface area contributed by atoms with Crippen LogP contribution in [0.4, 0.5) is 0 Å². The van der Waals surface area contributed by atoms with Crippen LogP contribution < -0.4 is 5.73 Å². The Bertz CT molecular complexity index is 241. The molecule has 1 unspecified atom stereocenters. The maximum Gasteiger partial charge on any atom is 0.158 e. The van der Waals surface area contributed by atoms with Gasteiger partial charge in [-0.1, -0.05) is 6.92 Å². The van der Waals surface area contributed by atoms with Gasteiger partial charge in [-0.05, 0) is 19.9 Å². The van der Waals surface area contributed by atoms with Crippen LogP contribution in [0.1, 0.15) is 26.7 Å². The van der Waals surface area contributed by atoms with Crippen LogP contribution in [0.3, 0.4) is 0 Å². The molecule has 1 fully saturated rings. The number of piperazine rings is 1. The highest BCUT2D eigenvalue weighted by atomic mass is 16.7. The quantitative estimate of drug-likeness (QED) is 0.661. The summed E-state index contributed by atoms with van der Waals surface area (Å²) in [4.78, 5) is 5.02. The molecule has 0 aromatic heterocycles. The minimum atomic E-state index is -0.178. The molecule has 114 valence electrons. The summed E-state index contributed by atoms with van der Waals surface area (Å²) in [5.41, 5.74) is 5.98. The van der Waals surface area contributed by atoms with Gasteiger partial charge in [0.05, 0.1) is 0 Å². The monoisotopic (exact) mass is 273 g/mol. The molecule has 1 aliphatic heterocycles. The third-order valence-electron chi connectivity index (χ3n) is 4.25. The summed E-state index contributed by atoms with van der Waals surface area (Å²) < 4.78 is 10.7. The van der Waals surface area contributed by atoms with Crippen LogP contribution in [0.5, 0.6) is 0 Å². The second kappa shape index (κ2) is 8.17. The molecule has 0 radical (unpaired) electrons. The standard InChI is InChI=1S/C14H31N3O2/c1-5-6-16-7-9-17(10-8-16)14(2,12-15)11-13(18-3)19-4/h13H,5-12,15H2,1-4H3. The number of nitrogens with zero attached hydrogens (tertiary/aromatic N) is 2. The van der Waals surface area contributed by atoms with Crippen molar-refractivity contribution in [2.45, 2.75) is 38.5 Å². The zero-order valence-electron chi connectivity index (χ0n) is 13.0. The smallest absolute Gasteiger partial charge is 0.158 e. The molecule has 0 bridgehead atoms. The number of hydrogen-bond acceptors (Lipinski definition) is 5. The summed E-state index contributed by atoms with van der Waals surface area (Å²) in [5.74, 6) is 0. The molecule has 0 spiro atoms. The predicted molar refractivity (Wildman–Crippen MR) is 78.2 cm³/mol. The lowest BCUT2D eigenvalue weighted by atomic mass is 9.94. The number of nitrogens with two attached hydrogens (primary N) is 1. The topological polar surface area (TPSA) is 51.0 Å². The SMILES string of the molecule is CCCN1CCN(C(C)(CN)CC(OC)OC)CC1. The number of hydrogen-bond donors (Lipinski definition) is 1. The molecule has 0 aromatic carbocycles. The average molecular weight is 273 g/mol. The van der Waals surface area contributed by atoms with Crippen molar-refractivity contribution in [1.29, 1.82) is 0 Å². The highest BCUT2D eigenvalue weighted by Gasteiger charge is 2.35. The van der Waals surface area contributed by atoms with E-state index in [9.17, 15) is 0 Å². The van der Waals surface area contributed by atoms with Gasteiger partial charge in [0, 0.05) is 58.9 Å². The molecular formula is C14H31N3O2. The Morgan fingerprint density at radius 3 is 2.16 bits per heavy atom. The summed E-state index contributed by atoms with van der Waals surface area (Å²) in [7, 11) is 3.37. The molecule has 1 heterocycles. The normalized spacial score (nSPS) is 21.8. The number of rotatable bonds is 8. The van der Waals surface area contributed by atoms with E-state index in [4.69, 9.17) is 15.2 Å². The van der Waals surface area contributed by atoms with Gasteiger partial charge < -0.3 is 20.1 Å². The van der Waals surface area contributed by atoms with Gasteiger partial charge in [0.2, 0.25) is 0 Å². The van der Waals surface area contributed by atoms with Crippen molar-refractivity contribution >= 4 is 0 Å². The molecule has 0 aromatic rings. The van der Waals surface area contributed by atoms with Crippen molar-refractivity contribution in [1.82, 2.24) is 9.80 Å². The fourth-order valence-electron chi connectivity index (χ4n) is 2.79. The lowest BCUT2D eigenvalue weighted by Gasteiger charge is -2.46. The zero-order valence-corrected chi connectivity index (χ0v) is 13.0. The van der Waals surface area contributed by atoms with Crippen molar-refractivity contribution < 1.29 is 9.47 Å². The van der Waals surface area contributed by atoms with Crippen LogP contribution in [-0.4, -0.2) is 75.1 Å². The van der Waals surface area contributed by atoms with Gasteiger partial charge in [-0.3, -0.25) is 4.90 Å². The van der Waals surface area contributed by atoms with Gasteiger partial charge in [-0.25, -0.2) is 0 Å². The minimum Gasteiger partial charge on any atom is -0.356 e. The van der Waals surface area contributed by atoms with Gasteiger partial charge in [0.25, 0.3) is 0 Å². The van der Waals surface area contributed by atoms with E-state index >= 15 is 0 Å². The Morgan fingerprint density at radius 2 is 1.74 bits per heavy atom. The first-order chi connectivity index (χ1) is 9.09. The summed E-state index contributed by atoms with van der Waals surface area (Å²) in [6, 6.07) is 0. The first kappa shape index (κ1) is 16.9. The predicted octanol–water partition coefficient (Wildman–Crippen LogP) is 0.740. The van der Waals surface area contributed by atoms with Crippen molar-refractivity contribution in [3.05, 3.63) is 0 Å². The highest BCUT2D eigenvalue weighted by Crippen LogP contribution is 2.23. The van der Waals surface area contributed by atoms with E-state index in [1.54, 1.807) is 14.2 Å². The fraction of sp³-hybridized carbons (Fsp3) is 1.00. The van der Waals surface area contributed by atoms with E-state index in [2.05, 4.69) is 23.6 Å². The number of ether oxygens (including phenoxy) is 2. The lowest BCUT2D eigenvalue weighted by molar-refractivity contribution is -0.131. The van der Waals surface area contributed by atoms with Gasteiger partial charge in [-0.15, -0.1) is 0 Å². The second-order valence-corrected chi connectivity index (χ2v) is 5.63. The summed E-state index contributed by atoms with van der Waals surface area (Å²) >= 11 is 0. The largest absolute Gasteiger partial charge is 0.356 e. The Labute approximate surface area is 118 Å². The highest BCUT2D eigenvalue weighted by molar-refractivity contribution is 4.91. The van der Waals surface area contributed by atoms with Gasteiger partial charge in [-0.2, -0.15) is 0 Å². The molecule has 0 saturated carbocycles. The molecule has 1 saturated heterocycles. The molecule has 2 N–H and O–H groups in total. The maximum absolute atomic E-state index is 6.02. The Hall–Kier alpha value is -0.200. The first-order valence-corrected chi connectivity index (χ1v) is 7.32. The zero-order chi connectivity index (χ0) is 14.3. The van der Waals surface area contributed by atoms with E-state index in [0.29, 0.717) is 6.54 Å². The van der Waals surface area contributed by atoms with Gasteiger partial charge >= 0.3 is 0 Å². The van der Waals surface area contributed by atoms with Crippen LogP contribution in [0.15, 0.2) is 0 Å². The van der Waals surface area contributed by atoms with Crippen LogP contribution in [0.2, 0.25) is 0 Å². The van der Waals surface area contributed by atoms with Crippen molar-refractivity contribution in [2.24, 2.45) is 5.73 Å². The molecule has 1 aliphatic rings. The molecule has 1 atom stereocenters. The second-order valence-electron chi connectivity index (χ2n) is 5.63. The first-order valence-electron chi connectivity index (χ1n) is 7.32. The van der Waals surface area contributed by atoms with E-state index in [0.717, 1.165) is 32.6 Å². The van der Waals surface area contributed by atoms with Gasteiger partial charge in [0.1, 0.15) is 0 Å². The molecule has 1 rings (SSSR count). The van der Waals surface area contributed by atoms with Crippen molar-refractivity contribution in [2.75, 3.05) is 53.5 Å². The third kappa shape index (κ3) is 4.68. The van der Waals surface area contributed by atoms with Crippen molar-refractivity contribution in [3.8, 4) is 0 Å². The van der Waals surface area contributed by atoms with Crippen LogP contribution in [-0.2, 0) is 9.47 Å². The average Bonchev–Trinajstić information content (AvgIpc) is 2.45. The molecule has 5 heteroatoms. The molecular weight excluding hydrogens is 242 g/mol. The Kier molecular flexibility index (Phi) is 7.25. The molecule has 0 aliphatic carbocycles. The van der Waals surface area contributed by atoms with Crippen LogP contribution in [0.25, 0.3) is 0 Å². The summed E-state index contributed by atoms with van der Waals surface area (Å²) in [6.45, 7) is 10.7. The van der Waals surface area contributed by atoms with E-state index in [-0.39, 0.29) is 11.8 Å². The van der Waals surface area contributed by atoms with E-state index in [1.165, 1.54) is 13.0 Å². The third-order valence-corrected chi connectivity index (χ3v) is 4.25. The van der Waals surface area contributed by atoms with Crippen molar-refractivity contribution in [3.63, 3.8) is 0 Å². The lowest BCUT2D eigenvalue weighted by Crippen LogP contribution is -2.60. The summed E-state index contributed by atoms with van der Waals surface area (Å²) in [6.07, 6.45) is 1.86. The molecule has 5 nitrogen and oxygen atoms in total. The van der Waals surface area contributed by atoms with E-state index in [1.807, 2.05) is 0 Å². The molecule has 19 heavy (non-hydrogen) atoms. The number of methoxy groups -OCH3 is 2. The molecule has 0 amide bonds. The van der Waals surface area contributed by atoms with Gasteiger partial charge in [0.15, 0.2) is 6.29 Å². The van der Waals surface area contributed by atoms with Crippen LogP contribution >= 0.6 is 0 Å². The fourth-order valence-corrected chi connectivity index (χ4v) is 2.79. The summed E-state index contributed by atoms with van der Waals surface area (Å²) in [5, 5.41) is 0. The van der Waals surface area contributed by atoms with Crippen LogP contribution in [0, 0.1) is 0 Å². The Morgan fingerprint density at radius 1 is 1.16 bits per heavy atom. The minimum absolute atomic E-state index is 0.0466. The van der Waals surface area contributed by atoms with E-state index < -0.39 is 0 Å². The maximum atomic E-state index is 6.02. The Balaban J connectivity index is 2.55.